The highest BCUT2D eigenvalue weighted by Gasteiger charge is 2.15. The number of rotatable bonds is 3. The molecular formula is C15H15NO2. The Balaban J connectivity index is 2.32. The first-order valence-electron chi connectivity index (χ1n) is 5.76. The lowest BCUT2D eigenvalue weighted by molar-refractivity contribution is 0.0990. The summed E-state index contributed by atoms with van der Waals surface area (Å²) in [6.45, 7) is -0.134. The summed E-state index contributed by atoms with van der Waals surface area (Å²) in [7, 11) is 1.73. The molecule has 2 aromatic carbocycles. The molecule has 0 radical (unpaired) electrons. The molecule has 0 spiro atoms. The number of benzene rings is 2. The zero-order chi connectivity index (χ0) is 13.0. The molecule has 0 aliphatic rings. The average molecular weight is 241 g/mol. The van der Waals surface area contributed by atoms with Crippen molar-refractivity contribution in [3.8, 4) is 0 Å². The Kier molecular flexibility index (Phi) is 3.75. The maximum absolute atomic E-state index is 12.3. The van der Waals surface area contributed by atoms with E-state index in [9.17, 15) is 9.90 Å². The van der Waals surface area contributed by atoms with Gasteiger partial charge in [0.15, 0.2) is 0 Å². The van der Waals surface area contributed by atoms with Crippen LogP contribution < -0.4 is 4.90 Å². The average Bonchev–Trinajstić information content (AvgIpc) is 2.46. The maximum Gasteiger partial charge on any atom is 0.258 e. The third kappa shape index (κ3) is 2.41. The van der Waals surface area contributed by atoms with Gasteiger partial charge in [0.05, 0.1) is 6.61 Å². The molecule has 0 aliphatic carbocycles. The van der Waals surface area contributed by atoms with Gasteiger partial charge in [-0.05, 0) is 23.8 Å². The molecule has 1 N–H and O–H groups in total. The number of aliphatic hydroxyl groups excluding tert-OH is 1. The molecule has 0 atom stereocenters. The number of hydrogen-bond donors (Lipinski definition) is 1. The normalized spacial score (nSPS) is 10.1. The van der Waals surface area contributed by atoms with Crippen LogP contribution in [-0.4, -0.2) is 18.1 Å². The number of anilines is 1. The number of para-hydroxylation sites is 1. The van der Waals surface area contributed by atoms with Crippen LogP contribution in [0.4, 0.5) is 5.69 Å². The molecule has 0 aromatic heterocycles. The van der Waals surface area contributed by atoms with E-state index in [2.05, 4.69) is 0 Å². The Morgan fingerprint density at radius 2 is 1.67 bits per heavy atom. The van der Waals surface area contributed by atoms with Gasteiger partial charge >= 0.3 is 0 Å². The molecule has 0 aliphatic heterocycles. The zero-order valence-corrected chi connectivity index (χ0v) is 10.2. The summed E-state index contributed by atoms with van der Waals surface area (Å²) in [6, 6.07) is 16.5. The molecule has 3 nitrogen and oxygen atoms in total. The fourth-order valence-corrected chi connectivity index (χ4v) is 1.82. The summed E-state index contributed by atoms with van der Waals surface area (Å²) in [5, 5.41) is 9.25. The van der Waals surface area contributed by atoms with Gasteiger partial charge in [-0.1, -0.05) is 36.4 Å². The van der Waals surface area contributed by atoms with Crippen molar-refractivity contribution in [1.82, 2.24) is 0 Å². The van der Waals surface area contributed by atoms with Gasteiger partial charge in [0.2, 0.25) is 0 Å². The molecule has 1 amide bonds. The van der Waals surface area contributed by atoms with Crippen LogP contribution in [0.1, 0.15) is 15.9 Å². The Bertz CT molecular complexity index is 537. The van der Waals surface area contributed by atoms with E-state index in [1.807, 2.05) is 36.4 Å². The van der Waals surface area contributed by atoms with Crippen LogP contribution in [0.3, 0.4) is 0 Å². The molecule has 92 valence electrons. The highest BCUT2D eigenvalue weighted by molar-refractivity contribution is 6.06. The molecule has 0 unspecified atom stereocenters. The minimum absolute atomic E-state index is 0.120. The quantitative estimate of drug-likeness (QED) is 0.896. The lowest BCUT2D eigenvalue weighted by atomic mass is 10.1. The summed E-state index contributed by atoms with van der Waals surface area (Å²) < 4.78 is 0. The number of aliphatic hydroxyl groups is 1. The first-order chi connectivity index (χ1) is 8.74. The predicted molar refractivity (Wildman–Crippen MR) is 71.5 cm³/mol. The van der Waals surface area contributed by atoms with Crippen LogP contribution in [0, 0.1) is 0 Å². The van der Waals surface area contributed by atoms with Gasteiger partial charge < -0.3 is 10.0 Å². The van der Waals surface area contributed by atoms with Crippen LogP contribution in [0.15, 0.2) is 54.6 Å². The van der Waals surface area contributed by atoms with Crippen molar-refractivity contribution < 1.29 is 9.90 Å². The number of carbonyl (C=O) groups excluding carboxylic acids is 1. The topological polar surface area (TPSA) is 40.5 Å². The van der Waals surface area contributed by atoms with Crippen molar-refractivity contribution in [2.24, 2.45) is 0 Å². The minimum atomic E-state index is -0.134. The fourth-order valence-electron chi connectivity index (χ4n) is 1.82. The van der Waals surface area contributed by atoms with E-state index >= 15 is 0 Å². The second-order valence-electron chi connectivity index (χ2n) is 4.01. The smallest absolute Gasteiger partial charge is 0.258 e. The van der Waals surface area contributed by atoms with Crippen LogP contribution in [0.5, 0.6) is 0 Å². The van der Waals surface area contributed by atoms with E-state index < -0.39 is 0 Å². The molecule has 3 heteroatoms. The first kappa shape index (κ1) is 12.3. The van der Waals surface area contributed by atoms with Gasteiger partial charge in [0, 0.05) is 18.3 Å². The molecule has 2 rings (SSSR count). The third-order valence-electron chi connectivity index (χ3n) is 2.87. The van der Waals surface area contributed by atoms with Crippen molar-refractivity contribution in [3.05, 3.63) is 65.7 Å². The van der Waals surface area contributed by atoms with Crippen LogP contribution in [0.2, 0.25) is 0 Å². The van der Waals surface area contributed by atoms with E-state index in [0.717, 1.165) is 5.69 Å². The lowest BCUT2D eigenvalue weighted by Gasteiger charge is -2.18. The van der Waals surface area contributed by atoms with Crippen LogP contribution >= 0.6 is 0 Å². The molecule has 0 saturated heterocycles. The maximum atomic E-state index is 12.3. The van der Waals surface area contributed by atoms with Crippen molar-refractivity contribution in [3.63, 3.8) is 0 Å². The van der Waals surface area contributed by atoms with Gasteiger partial charge in [0.1, 0.15) is 0 Å². The minimum Gasteiger partial charge on any atom is -0.392 e. The highest BCUT2D eigenvalue weighted by Crippen LogP contribution is 2.17. The molecule has 0 saturated carbocycles. The molecule has 0 heterocycles. The van der Waals surface area contributed by atoms with Gasteiger partial charge in [-0.15, -0.1) is 0 Å². The summed E-state index contributed by atoms with van der Waals surface area (Å²) >= 11 is 0. The highest BCUT2D eigenvalue weighted by atomic mass is 16.3. The van der Waals surface area contributed by atoms with E-state index in [1.54, 1.807) is 30.1 Å². The Hall–Kier alpha value is -2.13. The van der Waals surface area contributed by atoms with E-state index in [-0.39, 0.29) is 12.5 Å². The van der Waals surface area contributed by atoms with E-state index in [1.165, 1.54) is 0 Å². The Morgan fingerprint density at radius 1 is 1.06 bits per heavy atom. The number of hydrogen-bond acceptors (Lipinski definition) is 2. The summed E-state index contributed by atoms with van der Waals surface area (Å²) in [6.07, 6.45) is 0. The fraction of sp³-hybridized carbons (Fsp3) is 0.133. The molecule has 0 fully saturated rings. The first-order valence-corrected chi connectivity index (χ1v) is 5.76. The summed E-state index contributed by atoms with van der Waals surface area (Å²) in [5.74, 6) is -0.120. The third-order valence-corrected chi connectivity index (χ3v) is 2.87. The zero-order valence-electron chi connectivity index (χ0n) is 10.2. The summed E-state index contributed by atoms with van der Waals surface area (Å²) in [5.41, 5.74) is 2.01. The van der Waals surface area contributed by atoms with Crippen molar-refractivity contribution in [2.45, 2.75) is 6.61 Å². The van der Waals surface area contributed by atoms with Crippen molar-refractivity contribution in [1.29, 1.82) is 0 Å². The van der Waals surface area contributed by atoms with Gasteiger partial charge in [-0.3, -0.25) is 4.79 Å². The summed E-state index contributed by atoms with van der Waals surface area (Å²) in [4.78, 5) is 13.9. The molecular weight excluding hydrogens is 226 g/mol. The van der Waals surface area contributed by atoms with Crippen LogP contribution in [-0.2, 0) is 6.61 Å². The van der Waals surface area contributed by atoms with Crippen LogP contribution in [0.25, 0.3) is 0 Å². The number of carbonyl (C=O) groups is 1. The molecule has 0 bridgehead atoms. The van der Waals surface area contributed by atoms with Gasteiger partial charge in [-0.25, -0.2) is 0 Å². The SMILES string of the molecule is CN(C(=O)c1ccccc1CO)c1ccccc1. The molecule has 18 heavy (non-hydrogen) atoms. The standard InChI is InChI=1S/C15H15NO2/c1-16(13-8-3-2-4-9-13)15(18)14-10-6-5-7-12(14)11-17/h2-10,17H,11H2,1H3. The largest absolute Gasteiger partial charge is 0.392 e. The second-order valence-corrected chi connectivity index (χ2v) is 4.01. The van der Waals surface area contributed by atoms with Crippen molar-refractivity contribution >= 4 is 11.6 Å². The Labute approximate surface area is 106 Å². The second kappa shape index (κ2) is 5.47. The van der Waals surface area contributed by atoms with E-state index in [4.69, 9.17) is 0 Å². The monoisotopic (exact) mass is 241 g/mol. The Morgan fingerprint density at radius 3 is 2.33 bits per heavy atom. The van der Waals surface area contributed by atoms with E-state index in [0.29, 0.717) is 11.1 Å². The lowest BCUT2D eigenvalue weighted by Crippen LogP contribution is -2.27. The van der Waals surface area contributed by atoms with Crippen molar-refractivity contribution in [2.75, 3.05) is 11.9 Å². The number of nitrogens with zero attached hydrogens (tertiary/aromatic N) is 1. The van der Waals surface area contributed by atoms with Gasteiger partial charge in [-0.2, -0.15) is 0 Å². The van der Waals surface area contributed by atoms with Gasteiger partial charge in [0.25, 0.3) is 5.91 Å². The molecule has 2 aromatic rings. The number of amides is 1. The predicted octanol–water partition coefficient (Wildman–Crippen LogP) is 2.46.